The number of thiazole rings is 1. The standard InChI is InChI=1S/C17H21N3O2S/c1-3-20-9-8-12(10-15(20)21)16(22)18-11(2)17-19-13-6-4-5-7-14(13)23-17/h8-11H,3-7H2,1-2H3,(H,18,22)/t11-/m1/s1. The van der Waals surface area contributed by atoms with E-state index in [4.69, 9.17) is 0 Å². The Kier molecular flexibility index (Phi) is 4.61. The number of pyridine rings is 1. The highest BCUT2D eigenvalue weighted by Crippen LogP contribution is 2.29. The third-order valence-corrected chi connectivity index (χ3v) is 5.52. The zero-order valence-electron chi connectivity index (χ0n) is 13.5. The third-order valence-electron chi connectivity index (χ3n) is 4.18. The Morgan fingerprint density at radius 3 is 2.91 bits per heavy atom. The summed E-state index contributed by atoms with van der Waals surface area (Å²) in [5.74, 6) is -0.231. The second-order valence-corrected chi connectivity index (χ2v) is 6.98. The minimum atomic E-state index is -0.231. The molecule has 0 unspecified atom stereocenters. The number of carbonyl (C=O) groups is 1. The first-order valence-corrected chi connectivity index (χ1v) is 8.90. The molecule has 0 aromatic carbocycles. The van der Waals surface area contributed by atoms with Crippen LogP contribution in [0.15, 0.2) is 23.1 Å². The van der Waals surface area contributed by atoms with Gasteiger partial charge >= 0.3 is 0 Å². The number of fused-ring (bicyclic) bond motifs is 1. The topological polar surface area (TPSA) is 64.0 Å². The quantitative estimate of drug-likeness (QED) is 0.937. The Hall–Kier alpha value is -1.95. The number of nitrogens with zero attached hydrogens (tertiary/aromatic N) is 2. The van der Waals surface area contributed by atoms with Crippen molar-refractivity contribution in [3.63, 3.8) is 0 Å². The van der Waals surface area contributed by atoms with Crippen molar-refractivity contribution in [2.24, 2.45) is 0 Å². The SMILES string of the molecule is CCn1ccc(C(=O)N[C@H](C)c2nc3c(s2)CCCC3)cc1=O. The van der Waals surface area contributed by atoms with E-state index in [1.54, 1.807) is 28.2 Å². The van der Waals surface area contributed by atoms with Gasteiger partial charge in [-0.2, -0.15) is 0 Å². The van der Waals surface area contributed by atoms with E-state index in [9.17, 15) is 9.59 Å². The van der Waals surface area contributed by atoms with Crippen molar-refractivity contribution in [3.05, 3.63) is 49.8 Å². The van der Waals surface area contributed by atoms with E-state index in [2.05, 4.69) is 10.3 Å². The summed E-state index contributed by atoms with van der Waals surface area (Å²) in [4.78, 5) is 30.2. The van der Waals surface area contributed by atoms with Gasteiger partial charge < -0.3 is 9.88 Å². The lowest BCUT2D eigenvalue weighted by atomic mass is 10.0. The number of aryl methyl sites for hydroxylation is 3. The van der Waals surface area contributed by atoms with E-state index in [1.165, 1.54) is 29.5 Å². The molecule has 122 valence electrons. The summed E-state index contributed by atoms with van der Waals surface area (Å²) in [5, 5.41) is 3.90. The molecule has 1 atom stereocenters. The van der Waals surface area contributed by atoms with Gasteiger partial charge in [-0.3, -0.25) is 9.59 Å². The van der Waals surface area contributed by atoms with Crippen molar-refractivity contribution in [1.29, 1.82) is 0 Å². The molecule has 1 aliphatic carbocycles. The Morgan fingerprint density at radius 1 is 1.43 bits per heavy atom. The fourth-order valence-electron chi connectivity index (χ4n) is 2.81. The van der Waals surface area contributed by atoms with Gasteiger partial charge in [-0.1, -0.05) is 0 Å². The molecule has 3 rings (SSSR count). The Balaban J connectivity index is 1.73. The van der Waals surface area contributed by atoms with Gasteiger partial charge in [0.25, 0.3) is 11.5 Å². The number of rotatable bonds is 4. The molecule has 5 nitrogen and oxygen atoms in total. The van der Waals surface area contributed by atoms with Crippen LogP contribution in [-0.4, -0.2) is 15.5 Å². The molecule has 1 amide bonds. The van der Waals surface area contributed by atoms with E-state index in [1.807, 2.05) is 13.8 Å². The summed E-state index contributed by atoms with van der Waals surface area (Å²) >= 11 is 1.70. The first-order valence-electron chi connectivity index (χ1n) is 8.08. The second-order valence-electron chi connectivity index (χ2n) is 5.86. The lowest BCUT2D eigenvalue weighted by molar-refractivity contribution is 0.0939. The number of carbonyl (C=O) groups excluding carboxylic acids is 1. The van der Waals surface area contributed by atoms with E-state index in [-0.39, 0.29) is 17.5 Å². The van der Waals surface area contributed by atoms with Crippen LogP contribution >= 0.6 is 11.3 Å². The van der Waals surface area contributed by atoms with Crippen LogP contribution in [0.1, 0.15) is 58.7 Å². The molecular formula is C17H21N3O2S. The molecule has 0 aliphatic heterocycles. The lowest BCUT2D eigenvalue weighted by Gasteiger charge is -2.11. The van der Waals surface area contributed by atoms with E-state index in [0.29, 0.717) is 12.1 Å². The maximum absolute atomic E-state index is 12.3. The number of hydrogen-bond acceptors (Lipinski definition) is 4. The summed E-state index contributed by atoms with van der Waals surface area (Å²) in [7, 11) is 0. The summed E-state index contributed by atoms with van der Waals surface area (Å²) in [6.45, 7) is 4.44. The molecular weight excluding hydrogens is 310 g/mol. The monoisotopic (exact) mass is 331 g/mol. The van der Waals surface area contributed by atoms with Crippen LogP contribution in [0.4, 0.5) is 0 Å². The minimum Gasteiger partial charge on any atom is -0.343 e. The van der Waals surface area contributed by atoms with Gasteiger partial charge in [-0.15, -0.1) is 11.3 Å². The van der Waals surface area contributed by atoms with Crippen molar-refractivity contribution < 1.29 is 4.79 Å². The maximum Gasteiger partial charge on any atom is 0.252 e. The van der Waals surface area contributed by atoms with Crippen LogP contribution in [-0.2, 0) is 19.4 Å². The second kappa shape index (κ2) is 6.66. The van der Waals surface area contributed by atoms with E-state index >= 15 is 0 Å². The molecule has 0 saturated heterocycles. The first kappa shape index (κ1) is 15.9. The summed E-state index contributed by atoms with van der Waals surface area (Å²) in [6.07, 6.45) is 6.22. The fourth-order valence-corrected chi connectivity index (χ4v) is 3.97. The van der Waals surface area contributed by atoms with Crippen molar-refractivity contribution in [1.82, 2.24) is 14.9 Å². The maximum atomic E-state index is 12.3. The zero-order valence-corrected chi connectivity index (χ0v) is 14.3. The van der Waals surface area contributed by atoms with Gasteiger partial charge in [0, 0.05) is 29.2 Å². The highest BCUT2D eigenvalue weighted by molar-refractivity contribution is 7.11. The Bertz CT molecular complexity index is 755. The number of aromatic nitrogens is 2. The summed E-state index contributed by atoms with van der Waals surface area (Å²) in [5.41, 5.74) is 1.44. The van der Waals surface area contributed by atoms with Gasteiger partial charge in [0.2, 0.25) is 0 Å². The average molecular weight is 331 g/mol. The molecule has 6 heteroatoms. The molecule has 2 aromatic rings. The number of nitrogens with one attached hydrogen (secondary N) is 1. The van der Waals surface area contributed by atoms with Crippen molar-refractivity contribution in [2.75, 3.05) is 0 Å². The lowest BCUT2D eigenvalue weighted by Crippen LogP contribution is -2.28. The van der Waals surface area contributed by atoms with Crippen molar-refractivity contribution in [3.8, 4) is 0 Å². The fraction of sp³-hybridized carbons (Fsp3) is 0.471. The van der Waals surface area contributed by atoms with Crippen LogP contribution in [0, 0.1) is 0 Å². The van der Waals surface area contributed by atoms with Gasteiger partial charge in [-0.05, 0) is 45.6 Å². The van der Waals surface area contributed by atoms with Gasteiger partial charge in [-0.25, -0.2) is 4.98 Å². The van der Waals surface area contributed by atoms with E-state index in [0.717, 1.165) is 17.8 Å². The molecule has 0 radical (unpaired) electrons. The van der Waals surface area contributed by atoms with Crippen LogP contribution < -0.4 is 10.9 Å². The Labute approximate surface area is 139 Å². The predicted molar refractivity (Wildman–Crippen MR) is 91.0 cm³/mol. The van der Waals surface area contributed by atoms with Crippen LogP contribution in [0.3, 0.4) is 0 Å². The van der Waals surface area contributed by atoms with Crippen molar-refractivity contribution in [2.45, 2.75) is 52.1 Å². The molecule has 0 fully saturated rings. The zero-order chi connectivity index (χ0) is 16.4. The summed E-state index contributed by atoms with van der Waals surface area (Å²) in [6, 6.07) is 2.92. The first-order chi connectivity index (χ1) is 11.1. The Morgan fingerprint density at radius 2 is 2.22 bits per heavy atom. The predicted octanol–water partition coefficient (Wildman–Crippen LogP) is 2.69. The van der Waals surface area contributed by atoms with Crippen LogP contribution in [0.25, 0.3) is 0 Å². The molecule has 2 aromatic heterocycles. The molecule has 0 spiro atoms. The molecule has 0 saturated carbocycles. The van der Waals surface area contributed by atoms with Gasteiger partial charge in [0.15, 0.2) is 0 Å². The highest BCUT2D eigenvalue weighted by Gasteiger charge is 2.20. The van der Waals surface area contributed by atoms with Gasteiger partial charge in [0.05, 0.1) is 11.7 Å². The summed E-state index contributed by atoms with van der Waals surface area (Å²) < 4.78 is 1.56. The normalized spacial score (nSPS) is 15.0. The molecule has 1 aliphatic rings. The van der Waals surface area contributed by atoms with E-state index < -0.39 is 0 Å². The molecule has 1 N–H and O–H groups in total. The number of amides is 1. The highest BCUT2D eigenvalue weighted by atomic mass is 32.1. The third kappa shape index (κ3) is 3.37. The molecule has 0 bridgehead atoms. The minimum absolute atomic E-state index is 0.147. The van der Waals surface area contributed by atoms with Gasteiger partial charge in [0.1, 0.15) is 5.01 Å². The molecule has 2 heterocycles. The largest absolute Gasteiger partial charge is 0.343 e. The van der Waals surface area contributed by atoms with Crippen LogP contribution in [0.5, 0.6) is 0 Å². The smallest absolute Gasteiger partial charge is 0.252 e. The van der Waals surface area contributed by atoms with Crippen LogP contribution in [0.2, 0.25) is 0 Å². The number of hydrogen-bond donors (Lipinski definition) is 1. The van der Waals surface area contributed by atoms with Crippen molar-refractivity contribution >= 4 is 17.2 Å². The average Bonchev–Trinajstić information content (AvgIpc) is 2.99. The molecule has 23 heavy (non-hydrogen) atoms.